The van der Waals surface area contributed by atoms with E-state index in [1.807, 2.05) is 19.1 Å². The Morgan fingerprint density at radius 3 is 2.75 bits per heavy atom. The number of aryl methyl sites for hydroxylation is 1. The molecule has 2 rings (SSSR count). The van der Waals surface area contributed by atoms with Crippen molar-refractivity contribution >= 4 is 44.4 Å². The second-order valence-electron chi connectivity index (χ2n) is 3.51. The molecule has 0 aliphatic carbocycles. The van der Waals surface area contributed by atoms with Crippen molar-refractivity contribution in [3.8, 4) is 9.88 Å². The summed E-state index contributed by atoms with van der Waals surface area (Å²) in [6.07, 6.45) is 0.496. The zero-order chi connectivity index (χ0) is 11.7. The highest BCUT2D eigenvalue weighted by Gasteiger charge is 2.12. The molecule has 2 heterocycles. The molecule has 16 heavy (non-hydrogen) atoms. The van der Waals surface area contributed by atoms with Crippen molar-refractivity contribution < 1.29 is 4.79 Å². The van der Waals surface area contributed by atoms with Gasteiger partial charge in [-0.2, -0.15) is 0 Å². The van der Waals surface area contributed by atoms with E-state index in [0.717, 1.165) is 24.2 Å². The molecule has 0 unspecified atom stereocenters. The Kier molecular flexibility index (Phi) is 3.56. The van der Waals surface area contributed by atoms with Crippen LogP contribution in [0.2, 0.25) is 0 Å². The minimum atomic E-state index is 0.186. The fraction of sp³-hybridized carbons (Fsp3) is 0.273. The first-order chi connectivity index (χ1) is 7.56. The number of carbonyl (C=O) groups excluding carboxylic acids is 1. The topological polar surface area (TPSA) is 30.0 Å². The lowest BCUT2D eigenvalue weighted by Gasteiger charge is -1.90. The van der Waals surface area contributed by atoms with E-state index in [9.17, 15) is 4.79 Å². The van der Waals surface area contributed by atoms with E-state index in [2.05, 4.69) is 20.9 Å². The third-order valence-electron chi connectivity index (χ3n) is 2.09. The highest BCUT2D eigenvalue weighted by Crippen LogP contribution is 2.35. The number of halogens is 1. The molecule has 0 bridgehead atoms. The van der Waals surface area contributed by atoms with Crippen LogP contribution in [0.25, 0.3) is 9.88 Å². The SMILES string of the molecule is CC(=O)Cc1sc(-c2ccc(Br)s2)nc1C. The number of thiophene rings is 1. The van der Waals surface area contributed by atoms with Crippen LogP contribution < -0.4 is 0 Å². The van der Waals surface area contributed by atoms with Crippen LogP contribution in [-0.4, -0.2) is 10.8 Å². The molecule has 0 aromatic carbocycles. The molecule has 0 amide bonds. The van der Waals surface area contributed by atoms with Gasteiger partial charge >= 0.3 is 0 Å². The van der Waals surface area contributed by atoms with Gasteiger partial charge in [-0.05, 0) is 41.9 Å². The van der Waals surface area contributed by atoms with E-state index >= 15 is 0 Å². The van der Waals surface area contributed by atoms with Gasteiger partial charge in [-0.25, -0.2) is 4.98 Å². The second kappa shape index (κ2) is 4.77. The van der Waals surface area contributed by atoms with E-state index in [1.54, 1.807) is 29.6 Å². The van der Waals surface area contributed by atoms with Crippen LogP contribution in [-0.2, 0) is 11.2 Å². The van der Waals surface area contributed by atoms with Gasteiger partial charge < -0.3 is 0 Å². The average molecular weight is 316 g/mol. The van der Waals surface area contributed by atoms with Gasteiger partial charge in [-0.15, -0.1) is 22.7 Å². The van der Waals surface area contributed by atoms with Gasteiger partial charge in [0.15, 0.2) is 0 Å². The van der Waals surface area contributed by atoms with Crippen molar-refractivity contribution in [2.24, 2.45) is 0 Å². The zero-order valence-corrected chi connectivity index (χ0v) is 12.1. The Morgan fingerprint density at radius 1 is 1.44 bits per heavy atom. The van der Waals surface area contributed by atoms with Gasteiger partial charge in [0.05, 0.1) is 14.4 Å². The monoisotopic (exact) mass is 315 g/mol. The van der Waals surface area contributed by atoms with Gasteiger partial charge in [-0.3, -0.25) is 4.79 Å². The number of carbonyl (C=O) groups is 1. The summed E-state index contributed by atoms with van der Waals surface area (Å²) >= 11 is 6.71. The minimum absolute atomic E-state index is 0.186. The first-order valence-electron chi connectivity index (χ1n) is 4.77. The van der Waals surface area contributed by atoms with Crippen molar-refractivity contribution in [2.75, 3.05) is 0 Å². The summed E-state index contributed by atoms with van der Waals surface area (Å²) in [6.45, 7) is 3.57. The molecule has 0 N–H and O–H groups in total. The maximum absolute atomic E-state index is 11.1. The largest absolute Gasteiger partial charge is 0.300 e. The first kappa shape index (κ1) is 12.0. The molecule has 0 radical (unpaired) electrons. The van der Waals surface area contributed by atoms with Crippen LogP contribution in [0, 0.1) is 6.92 Å². The Balaban J connectivity index is 2.33. The lowest BCUT2D eigenvalue weighted by Crippen LogP contribution is -1.94. The second-order valence-corrected chi connectivity index (χ2v) is 7.06. The molecule has 0 spiro atoms. The number of Topliss-reactive ketones (excluding diaryl/α,β-unsaturated/α-hetero) is 1. The van der Waals surface area contributed by atoms with E-state index in [4.69, 9.17) is 0 Å². The summed E-state index contributed by atoms with van der Waals surface area (Å²) in [4.78, 5) is 17.8. The number of hydrogen-bond donors (Lipinski definition) is 0. The smallest absolute Gasteiger partial charge is 0.135 e. The molecule has 2 aromatic heterocycles. The molecule has 5 heteroatoms. The summed E-state index contributed by atoms with van der Waals surface area (Å²) in [5.74, 6) is 0.186. The summed E-state index contributed by atoms with van der Waals surface area (Å²) in [5.41, 5.74) is 0.972. The van der Waals surface area contributed by atoms with E-state index < -0.39 is 0 Å². The van der Waals surface area contributed by atoms with Crippen molar-refractivity contribution in [3.63, 3.8) is 0 Å². The van der Waals surface area contributed by atoms with E-state index in [1.165, 1.54) is 0 Å². The number of rotatable bonds is 3. The molecule has 0 saturated heterocycles. The molecule has 0 atom stereocenters. The van der Waals surface area contributed by atoms with Crippen LogP contribution in [0.5, 0.6) is 0 Å². The number of hydrogen-bond acceptors (Lipinski definition) is 4. The van der Waals surface area contributed by atoms with Crippen molar-refractivity contribution in [3.05, 3.63) is 26.5 Å². The lowest BCUT2D eigenvalue weighted by atomic mass is 10.2. The van der Waals surface area contributed by atoms with Gasteiger partial charge in [0.1, 0.15) is 10.8 Å². The summed E-state index contributed by atoms with van der Waals surface area (Å²) in [7, 11) is 0. The molecule has 0 aliphatic rings. The minimum Gasteiger partial charge on any atom is -0.300 e. The molecular weight excluding hydrogens is 306 g/mol. The summed E-state index contributed by atoms with van der Waals surface area (Å²) in [5, 5.41) is 1.00. The number of aromatic nitrogens is 1. The predicted molar refractivity (Wildman–Crippen MR) is 72.2 cm³/mol. The Bertz CT molecular complexity index is 530. The van der Waals surface area contributed by atoms with Crippen LogP contribution in [0.15, 0.2) is 15.9 Å². The summed E-state index contributed by atoms with van der Waals surface area (Å²) in [6, 6.07) is 4.06. The molecular formula is C11H10BrNOS2. The van der Waals surface area contributed by atoms with Gasteiger partial charge in [0.2, 0.25) is 0 Å². The third-order valence-corrected chi connectivity index (χ3v) is 5.04. The van der Waals surface area contributed by atoms with E-state index in [0.29, 0.717) is 6.42 Å². The normalized spacial score (nSPS) is 10.7. The lowest BCUT2D eigenvalue weighted by molar-refractivity contribution is -0.116. The Hall–Kier alpha value is -0.520. The molecule has 2 nitrogen and oxygen atoms in total. The molecule has 2 aromatic rings. The van der Waals surface area contributed by atoms with Crippen LogP contribution in [0.3, 0.4) is 0 Å². The quantitative estimate of drug-likeness (QED) is 0.854. The first-order valence-corrected chi connectivity index (χ1v) is 7.20. The average Bonchev–Trinajstić information content (AvgIpc) is 2.74. The zero-order valence-electron chi connectivity index (χ0n) is 8.91. The van der Waals surface area contributed by atoms with Crippen molar-refractivity contribution in [2.45, 2.75) is 20.3 Å². The molecule has 0 fully saturated rings. The standard InChI is InChI=1S/C11H10BrNOS2/c1-6(14)5-9-7(2)13-11(16-9)8-3-4-10(12)15-8/h3-4H,5H2,1-2H3. The van der Waals surface area contributed by atoms with E-state index in [-0.39, 0.29) is 5.78 Å². The molecule has 84 valence electrons. The maximum atomic E-state index is 11.1. The fourth-order valence-electron chi connectivity index (χ4n) is 1.35. The van der Waals surface area contributed by atoms with Gasteiger partial charge in [-0.1, -0.05) is 0 Å². The van der Waals surface area contributed by atoms with Crippen LogP contribution in [0.4, 0.5) is 0 Å². The highest BCUT2D eigenvalue weighted by molar-refractivity contribution is 9.11. The molecule has 0 aliphatic heterocycles. The van der Waals surface area contributed by atoms with Crippen LogP contribution >= 0.6 is 38.6 Å². The highest BCUT2D eigenvalue weighted by atomic mass is 79.9. The van der Waals surface area contributed by atoms with Gasteiger partial charge in [0.25, 0.3) is 0 Å². The number of ketones is 1. The van der Waals surface area contributed by atoms with Crippen LogP contribution in [0.1, 0.15) is 17.5 Å². The number of nitrogens with zero attached hydrogens (tertiary/aromatic N) is 1. The molecule has 0 saturated carbocycles. The number of thiazole rings is 1. The Morgan fingerprint density at radius 2 is 2.19 bits per heavy atom. The predicted octanol–water partition coefficient (Wildman–Crippen LogP) is 4.07. The van der Waals surface area contributed by atoms with Gasteiger partial charge in [0, 0.05) is 11.3 Å². The maximum Gasteiger partial charge on any atom is 0.135 e. The van der Waals surface area contributed by atoms with Crippen molar-refractivity contribution in [1.29, 1.82) is 0 Å². The third kappa shape index (κ3) is 2.59. The summed E-state index contributed by atoms with van der Waals surface area (Å²) < 4.78 is 1.10. The Labute approximate surface area is 110 Å². The fourth-order valence-corrected chi connectivity index (χ4v) is 3.93. The van der Waals surface area contributed by atoms with Crippen molar-refractivity contribution in [1.82, 2.24) is 4.98 Å².